The van der Waals surface area contributed by atoms with Crippen LogP contribution >= 0.6 is 0 Å². The Labute approximate surface area is 82.0 Å². The standard InChI is InChI=1S/C11H22N2/c1-3-4-5-7-13-8-6-11(10-13)9-12-2/h3,11-12H,1,4-10H2,2H3. The predicted molar refractivity (Wildman–Crippen MR) is 57.9 cm³/mol. The van der Waals surface area contributed by atoms with Crippen molar-refractivity contribution >= 4 is 0 Å². The molecule has 0 aromatic rings. The molecule has 0 aliphatic carbocycles. The minimum atomic E-state index is 0.883. The summed E-state index contributed by atoms with van der Waals surface area (Å²) in [5, 5.41) is 3.25. The van der Waals surface area contributed by atoms with Gasteiger partial charge in [0.25, 0.3) is 0 Å². The summed E-state index contributed by atoms with van der Waals surface area (Å²) in [4.78, 5) is 2.57. The molecule has 1 fully saturated rings. The second kappa shape index (κ2) is 6.17. The Kier molecular flexibility index (Phi) is 5.09. The second-order valence-electron chi connectivity index (χ2n) is 3.94. The number of rotatable bonds is 6. The molecular weight excluding hydrogens is 160 g/mol. The number of unbranched alkanes of at least 4 members (excludes halogenated alkanes) is 1. The molecule has 1 atom stereocenters. The van der Waals surface area contributed by atoms with Gasteiger partial charge in [-0.25, -0.2) is 0 Å². The van der Waals surface area contributed by atoms with Crippen molar-refractivity contribution in [3.63, 3.8) is 0 Å². The fraction of sp³-hybridized carbons (Fsp3) is 0.818. The first kappa shape index (κ1) is 10.7. The van der Waals surface area contributed by atoms with Gasteiger partial charge in [-0.2, -0.15) is 0 Å². The third kappa shape index (κ3) is 3.92. The Hall–Kier alpha value is -0.340. The molecule has 1 saturated heterocycles. The van der Waals surface area contributed by atoms with E-state index in [0.717, 1.165) is 12.3 Å². The molecule has 0 aromatic carbocycles. The number of nitrogens with one attached hydrogen (secondary N) is 1. The molecule has 76 valence electrons. The van der Waals surface area contributed by atoms with E-state index in [1.54, 1.807) is 0 Å². The van der Waals surface area contributed by atoms with Crippen LogP contribution in [0.5, 0.6) is 0 Å². The van der Waals surface area contributed by atoms with Gasteiger partial charge in [0, 0.05) is 6.54 Å². The number of hydrogen-bond donors (Lipinski definition) is 1. The van der Waals surface area contributed by atoms with Crippen molar-refractivity contribution in [2.45, 2.75) is 19.3 Å². The Morgan fingerprint density at radius 1 is 1.62 bits per heavy atom. The highest BCUT2D eigenvalue weighted by Crippen LogP contribution is 2.15. The van der Waals surface area contributed by atoms with Crippen molar-refractivity contribution in [3.8, 4) is 0 Å². The van der Waals surface area contributed by atoms with Crippen molar-refractivity contribution in [1.82, 2.24) is 10.2 Å². The van der Waals surface area contributed by atoms with Crippen molar-refractivity contribution in [2.24, 2.45) is 5.92 Å². The molecule has 13 heavy (non-hydrogen) atoms. The summed E-state index contributed by atoms with van der Waals surface area (Å²) < 4.78 is 0. The highest BCUT2D eigenvalue weighted by Gasteiger charge is 2.20. The molecule has 2 heteroatoms. The first-order valence-electron chi connectivity index (χ1n) is 5.34. The lowest BCUT2D eigenvalue weighted by molar-refractivity contribution is 0.319. The van der Waals surface area contributed by atoms with Crippen LogP contribution in [0.3, 0.4) is 0 Å². The minimum absolute atomic E-state index is 0.883. The van der Waals surface area contributed by atoms with Crippen LogP contribution < -0.4 is 5.32 Å². The SMILES string of the molecule is C=CCCCN1CCC(CNC)C1. The second-order valence-corrected chi connectivity index (χ2v) is 3.94. The van der Waals surface area contributed by atoms with Gasteiger partial charge >= 0.3 is 0 Å². The van der Waals surface area contributed by atoms with Crippen LogP contribution in [0.15, 0.2) is 12.7 Å². The average molecular weight is 182 g/mol. The molecule has 0 aromatic heterocycles. The first-order valence-corrected chi connectivity index (χ1v) is 5.34. The number of likely N-dealkylation sites (tertiary alicyclic amines) is 1. The lowest BCUT2D eigenvalue weighted by atomic mass is 10.1. The third-order valence-corrected chi connectivity index (χ3v) is 2.75. The maximum atomic E-state index is 3.74. The zero-order chi connectivity index (χ0) is 9.52. The summed E-state index contributed by atoms with van der Waals surface area (Å²) in [7, 11) is 2.04. The highest BCUT2D eigenvalue weighted by atomic mass is 15.1. The lowest BCUT2D eigenvalue weighted by Gasteiger charge is -2.14. The Bertz CT molecular complexity index is 145. The van der Waals surface area contributed by atoms with Crippen LogP contribution in [-0.2, 0) is 0 Å². The van der Waals surface area contributed by atoms with Gasteiger partial charge in [0.2, 0.25) is 0 Å². The van der Waals surface area contributed by atoms with Crippen LogP contribution in [0.25, 0.3) is 0 Å². The van der Waals surface area contributed by atoms with E-state index in [0.29, 0.717) is 0 Å². The van der Waals surface area contributed by atoms with Gasteiger partial charge in [-0.3, -0.25) is 0 Å². The quantitative estimate of drug-likeness (QED) is 0.494. The van der Waals surface area contributed by atoms with Gasteiger partial charge in [-0.05, 0) is 51.9 Å². The van der Waals surface area contributed by atoms with Crippen molar-refractivity contribution in [1.29, 1.82) is 0 Å². The summed E-state index contributed by atoms with van der Waals surface area (Å²) in [5.74, 6) is 0.883. The average Bonchev–Trinajstić information content (AvgIpc) is 2.54. The van der Waals surface area contributed by atoms with Crippen LogP contribution in [-0.4, -0.2) is 38.1 Å². The molecule has 0 radical (unpaired) electrons. The van der Waals surface area contributed by atoms with Gasteiger partial charge in [0.1, 0.15) is 0 Å². The molecule has 1 rings (SSSR count). The third-order valence-electron chi connectivity index (χ3n) is 2.75. The first-order chi connectivity index (χ1) is 6.36. The molecule has 1 aliphatic rings. The fourth-order valence-corrected chi connectivity index (χ4v) is 2.03. The number of nitrogens with zero attached hydrogens (tertiary/aromatic N) is 1. The zero-order valence-electron chi connectivity index (χ0n) is 8.76. The predicted octanol–water partition coefficient (Wildman–Crippen LogP) is 1.49. The minimum Gasteiger partial charge on any atom is -0.319 e. The van der Waals surface area contributed by atoms with Gasteiger partial charge in [0.05, 0.1) is 0 Å². The summed E-state index contributed by atoms with van der Waals surface area (Å²) in [6, 6.07) is 0. The molecule has 0 bridgehead atoms. The van der Waals surface area contributed by atoms with E-state index in [-0.39, 0.29) is 0 Å². The molecule has 1 aliphatic heterocycles. The maximum absolute atomic E-state index is 3.74. The Morgan fingerprint density at radius 3 is 3.15 bits per heavy atom. The largest absolute Gasteiger partial charge is 0.319 e. The molecule has 0 amide bonds. The van der Waals surface area contributed by atoms with Crippen LogP contribution in [0.4, 0.5) is 0 Å². The van der Waals surface area contributed by atoms with Crippen LogP contribution in [0.1, 0.15) is 19.3 Å². The molecular formula is C11H22N2. The monoisotopic (exact) mass is 182 g/mol. The topological polar surface area (TPSA) is 15.3 Å². The van der Waals surface area contributed by atoms with E-state index in [1.807, 2.05) is 13.1 Å². The maximum Gasteiger partial charge on any atom is 0.00223 e. The molecule has 1 unspecified atom stereocenters. The summed E-state index contributed by atoms with van der Waals surface area (Å²) >= 11 is 0. The highest BCUT2D eigenvalue weighted by molar-refractivity contribution is 4.77. The Morgan fingerprint density at radius 2 is 2.46 bits per heavy atom. The molecule has 0 saturated carbocycles. The summed E-state index contributed by atoms with van der Waals surface area (Å²) in [6.07, 6.45) is 5.82. The summed E-state index contributed by atoms with van der Waals surface area (Å²) in [6.45, 7) is 8.76. The zero-order valence-corrected chi connectivity index (χ0v) is 8.76. The number of hydrogen-bond acceptors (Lipinski definition) is 2. The van der Waals surface area contributed by atoms with Gasteiger partial charge in [0.15, 0.2) is 0 Å². The molecule has 0 spiro atoms. The van der Waals surface area contributed by atoms with Crippen molar-refractivity contribution in [3.05, 3.63) is 12.7 Å². The van der Waals surface area contributed by atoms with Crippen molar-refractivity contribution < 1.29 is 0 Å². The van der Waals surface area contributed by atoms with E-state index in [4.69, 9.17) is 0 Å². The lowest BCUT2D eigenvalue weighted by Crippen LogP contribution is -2.25. The van der Waals surface area contributed by atoms with Gasteiger partial charge in [-0.1, -0.05) is 6.08 Å². The molecule has 1 N–H and O–H groups in total. The Balaban J connectivity index is 2.06. The van der Waals surface area contributed by atoms with E-state index < -0.39 is 0 Å². The molecule has 1 heterocycles. The van der Waals surface area contributed by atoms with Gasteiger partial charge < -0.3 is 10.2 Å². The smallest absolute Gasteiger partial charge is 0.00223 e. The van der Waals surface area contributed by atoms with Crippen molar-refractivity contribution in [2.75, 3.05) is 33.2 Å². The van der Waals surface area contributed by atoms with E-state index in [1.165, 1.54) is 39.0 Å². The normalized spacial score (nSPS) is 23.6. The van der Waals surface area contributed by atoms with Crippen LogP contribution in [0.2, 0.25) is 0 Å². The van der Waals surface area contributed by atoms with E-state index in [9.17, 15) is 0 Å². The van der Waals surface area contributed by atoms with E-state index >= 15 is 0 Å². The van der Waals surface area contributed by atoms with Crippen LogP contribution in [0, 0.1) is 5.92 Å². The fourth-order valence-electron chi connectivity index (χ4n) is 2.03. The number of allylic oxidation sites excluding steroid dienone is 1. The molecule has 2 nitrogen and oxygen atoms in total. The van der Waals surface area contributed by atoms with Gasteiger partial charge in [-0.15, -0.1) is 6.58 Å². The summed E-state index contributed by atoms with van der Waals surface area (Å²) in [5.41, 5.74) is 0. The van der Waals surface area contributed by atoms with E-state index in [2.05, 4.69) is 16.8 Å².